The maximum absolute atomic E-state index is 9.12. The minimum atomic E-state index is -0.442. The fourth-order valence-electron chi connectivity index (χ4n) is 0.928. The summed E-state index contributed by atoms with van der Waals surface area (Å²) >= 11 is 11.6. The van der Waals surface area contributed by atoms with E-state index in [2.05, 4.69) is 4.98 Å². The minimum absolute atomic E-state index is 0.442. The average molecular weight is 206 g/mol. The maximum atomic E-state index is 9.12. The number of pyridine rings is 1. The molecule has 4 heteroatoms. The van der Waals surface area contributed by atoms with Crippen molar-refractivity contribution in [3.8, 4) is 0 Å². The molecule has 0 bridgehead atoms. The summed E-state index contributed by atoms with van der Waals surface area (Å²) in [5.74, 6) is 0. The van der Waals surface area contributed by atoms with Crippen molar-refractivity contribution in [2.45, 2.75) is 19.4 Å². The van der Waals surface area contributed by atoms with Crippen molar-refractivity contribution in [1.82, 2.24) is 4.98 Å². The lowest BCUT2D eigenvalue weighted by molar-refractivity contribution is 0.195. The van der Waals surface area contributed by atoms with Crippen molar-refractivity contribution in [3.05, 3.63) is 28.0 Å². The largest absolute Gasteiger partial charge is 0.393 e. The number of aromatic nitrogens is 1. The van der Waals surface area contributed by atoms with Gasteiger partial charge in [0.2, 0.25) is 0 Å². The summed E-state index contributed by atoms with van der Waals surface area (Å²) in [6.45, 7) is 1.69. The lowest BCUT2D eigenvalue weighted by Gasteiger charge is -2.07. The first-order chi connectivity index (χ1) is 5.61. The van der Waals surface area contributed by atoms with E-state index < -0.39 is 6.10 Å². The van der Waals surface area contributed by atoms with E-state index in [1.54, 1.807) is 6.92 Å². The molecular weight excluding hydrogens is 197 g/mol. The van der Waals surface area contributed by atoms with E-state index in [1.165, 1.54) is 12.4 Å². The van der Waals surface area contributed by atoms with Crippen LogP contribution in [0.25, 0.3) is 0 Å². The predicted octanol–water partition coefficient (Wildman–Crippen LogP) is 2.31. The Bertz CT molecular complexity index is 256. The number of hydrogen-bond acceptors (Lipinski definition) is 2. The van der Waals surface area contributed by atoms with E-state index >= 15 is 0 Å². The Balaban J connectivity index is 2.96. The quantitative estimate of drug-likeness (QED) is 0.805. The van der Waals surface area contributed by atoms with Crippen LogP contribution in [-0.4, -0.2) is 16.2 Å². The Hall–Kier alpha value is -0.310. The van der Waals surface area contributed by atoms with Gasteiger partial charge in [-0.1, -0.05) is 23.2 Å². The molecule has 0 aliphatic carbocycles. The topological polar surface area (TPSA) is 33.1 Å². The van der Waals surface area contributed by atoms with E-state index in [0.717, 1.165) is 5.56 Å². The zero-order chi connectivity index (χ0) is 9.14. The van der Waals surface area contributed by atoms with Crippen LogP contribution in [0.15, 0.2) is 12.4 Å². The number of nitrogens with zero attached hydrogens (tertiary/aromatic N) is 1. The van der Waals surface area contributed by atoms with Crippen LogP contribution in [0.4, 0.5) is 0 Å². The van der Waals surface area contributed by atoms with Crippen LogP contribution in [0.1, 0.15) is 12.5 Å². The van der Waals surface area contributed by atoms with Gasteiger partial charge in [0.1, 0.15) is 0 Å². The van der Waals surface area contributed by atoms with E-state index in [4.69, 9.17) is 28.3 Å². The molecular formula is C8H9Cl2NO. The second-order valence-corrected chi connectivity index (χ2v) is 3.45. The van der Waals surface area contributed by atoms with Gasteiger partial charge in [0.05, 0.1) is 16.1 Å². The van der Waals surface area contributed by atoms with Gasteiger partial charge in [-0.3, -0.25) is 4.98 Å². The molecule has 1 rings (SSSR count). The number of rotatable bonds is 2. The van der Waals surface area contributed by atoms with Crippen LogP contribution < -0.4 is 0 Å². The molecule has 0 saturated carbocycles. The van der Waals surface area contributed by atoms with E-state index in [9.17, 15) is 0 Å². The second-order valence-electron chi connectivity index (χ2n) is 2.63. The third-order valence-corrected chi connectivity index (χ3v) is 2.10. The molecule has 1 atom stereocenters. The Kier molecular flexibility index (Phi) is 3.32. The summed E-state index contributed by atoms with van der Waals surface area (Å²) in [5, 5.41) is 10.1. The number of aliphatic hydroxyl groups is 1. The number of aliphatic hydroxyl groups excluding tert-OH is 1. The van der Waals surface area contributed by atoms with Gasteiger partial charge in [0.25, 0.3) is 0 Å². The van der Waals surface area contributed by atoms with Crippen LogP contribution in [0.2, 0.25) is 10.0 Å². The molecule has 0 amide bonds. The Morgan fingerprint density at radius 1 is 1.42 bits per heavy atom. The highest BCUT2D eigenvalue weighted by molar-refractivity contribution is 6.35. The van der Waals surface area contributed by atoms with Crippen LogP contribution >= 0.6 is 23.2 Å². The molecule has 1 heterocycles. The summed E-state index contributed by atoms with van der Waals surface area (Å²) < 4.78 is 0. The molecule has 0 aromatic carbocycles. The Labute approximate surface area is 81.1 Å². The van der Waals surface area contributed by atoms with Crippen molar-refractivity contribution in [2.24, 2.45) is 0 Å². The van der Waals surface area contributed by atoms with Gasteiger partial charge >= 0.3 is 0 Å². The van der Waals surface area contributed by atoms with Crippen molar-refractivity contribution >= 4 is 23.2 Å². The van der Waals surface area contributed by atoms with Crippen molar-refractivity contribution in [3.63, 3.8) is 0 Å². The fraction of sp³-hybridized carbons (Fsp3) is 0.375. The van der Waals surface area contributed by atoms with Gasteiger partial charge in [0, 0.05) is 18.8 Å². The smallest absolute Gasteiger partial charge is 0.0637 e. The highest BCUT2D eigenvalue weighted by Gasteiger charge is 2.08. The first kappa shape index (κ1) is 9.78. The van der Waals surface area contributed by atoms with Gasteiger partial charge in [-0.2, -0.15) is 0 Å². The highest BCUT2D eigenvalue weighted by Crippen LogP contribution is 2.23. The Morgan fingerprint density at radius 3 is 2.33 bits per heavy atom. The molecule has 0 saturated heterocycles. The molecule has 2 nitrogen and oxygen atoms in total. The van der Waals surface area contributed by atoms with Crippen LogP contribution in [-0.2, 0) is 6.42 Å². The zero-order valence-electron chi connectivity index (χ0n) is 6.59. The zero-order valence-corrected chi connectivity index (χ0v) is 8.10. The highest BCUT2D eigenvalue weighted by atomic mass is 35.5. The molecule has 1 N–H and O–H groups in total. The molecule has 1 aromatic rings. The van der Waals surface area contributed by atoms with Gasteiger partial charge in [0.15, 0.2) is 0 Å². The van der Waals surface area contributed by atoms with Crippen molar-refractivity contribution < 1.29 is 5.11 Å². The predicted molar refractivity (Wildman–Crippen MR) is 49.6 cm³/mol. The average Bonchev–Trinajstić information content (AvgIpc) is 1.97. The second kappa shape index (κ2) is 4.08. The van der Waals surface area contributed by atoms with Crippen LogP contribution in [0.3, 0.4) is 0 Å². The normalized spacial score (nSPS) is 13.0. The van der Waals surface area contributed by atoms with Gasteiger partial charge in [-0.15, -0.1) is 0 Å². The first-order valence-electron chi connectivity index (χ1n) is 3.57. The molecule has 0 aliphatic rings. The fourth-order valence-corrected chi connectivity index (χ4v) is 1.45. The van der Waals surface area contributed by atoms with Crippen molar-refractivity contribution in [2.75, 3.05) is 0 Å². The molecule has 12 heavy (non-hydrogen) atoms. The summed E-state index contributed by atoms with van der Waals surface area (Å²) in [6.07, 6.45) is 3.05. The lowest BCUT2D eigenvalue weighted by Crippen LogP contribution is -2.05. The monoisotopic (exact) mass is 205 g/mol. The molecule has 1 unspecified atom stereocenters. The van der Waals surface area contributed by atoms with E-state index in [1.807, 2.05) is 0 Å². The Morgan fingerprint density at radius 2 is 1.92 bits per heavy atom. The van der Waals surface area contributed by atoms with Gasteiger partial charge in [-0.25, -0.2) is 0 Å². The third kappa shape index (κ3) is 2.34. The summed E-state index contributed by atoms with van der Waals surface area (Å²) in [7, 11) is 0. The summed E-state index contributed by atoms with van der Waals surface area (Å²) in [5.41, 5.74) is 0.753. The number of halogens is 2. The van der Waals surface area contributed by atoms with E-state index in [-0.39, 0.29) is 0 Å². The minimum Gasteiger partial charge on any atom is -0.393 e. The third-order valence-electron chi connectivity index (χ3n) is 1.45. The van der Waals surface area contributed by atoms with Crippen LogP contribution in [0, 0.1) is 0 Å². The molecule has 66 valence electrons. The summed E-state index contributed by atoms with van der Waals surface area (Å²) in [6, 6.07) is 0. The SMILES string of the molecule is CC(O)Cc1c(Cl)cncc1Cl. The maximum Gasteiger partial charge on any atom is 0.0637 e. The van der Waals surface area contributed by atoms with Crippen molar-refractivity contribution in [1.29, 1.82) is 0 Å². The molecule has 1 aromatic heterocycles. The first-order valence-corrected chi connectivity index (χ1v) is 4.32. The molecule has 0 radical (unpaired) electrons. The van der Waals surface area contributed by atoms with Gasteiger partial charge in [-0.05, 0) is 12.5 Å². The van der Waals surface area contributed by atoms with E-state index in [0.29, 0.717) is 16.5 Å². The number of hydrogen-bond donors (Lipinski definition) is 1. The molecule has 0 aliphatic heterocycles. The van der Waals surface area contributed by atoms with Gasteiger partial charge < -0.3 is 5.11 Å². The molecule has 0 fully saturated rings. The molecule has 0 spiro atoms. The standard InChI is InChI=1S/C8H9Cl2NO/c1-5(12)2-6-7(9)3-11-4-8(6)10/h3-5,12H,2H2,1H3. The van der Waals surface area contributed by atoms with Crippen LogP contribution in [0.5, 0.6) is 0 Å². The summed E-state index contributed by atoms with van der Waals surface area (Å²) in [4.78, 5) is 3.81. The lowest BCUT2D eigenvalue weighted by atomic mass is 10.1.